The molecule has 2 aromatic rings. The van der Waals surface area contributed by atoms with Gasteiger partial charge in [0.2, 0.25) is 0 Å². The Balaban J connectivity index is 1.79. The van der Waals surface area contributed by atoms with Crippen molar-refractivity contribution >= 4 is 11.3 Å². The molecule has 0 unspecified atom stereocenters. The van der Waals surface area contributed by atoms with E-state index in [0.717, 1.165) is 25.3 Å². The summed E-state index contributed by atoms with van der Waals surface area (Å²) in [6.07, 6.45) is 0.966. The van der Waals surface area contributed by atoms with Gasteiger partial charge in [-0.3, -0.25) is 0 Å². The van der Waals surface area contributed by atoms with E-state index in [-0.39, 0.29) is 0 Å². The molecule has 0 aliphatic heterocycles. The van der Waals surface area contributed by atoms with Crippen molar-refractivity contribution in [3.63, 3.8) is 0 Å². The number of aromatic nitrogens is 4. The van der Waals surface area contributed by atoms with Crippen LogP contribution in [0.4, 0.5) is 0 Å². The molecule has 0 saturated heterocycles. The molecule has 0 amide bonds. The second-order valence-corrected chi connectivity index (χ2v) is 4.85. The first-order chi connectivity index (χ1) is 8.90. The Labute approximate surface area is 110 Å². The van der Waals surface area contributed by atoms with E-state index < -0.39 is 0 Å². The predicted octanol–water partition coefficient (Wildman–Crippen LogP) is 0.713. The topological polar surface area (TPSA) is 64.9 Å². The van der Waals surface area contributed by atoms with Gasteiger partial charge >= 0.3 is 0 Å². The molecule has 0 radical (unpaired) electrons. The number of nitrogens with one attached hydrogen (secondary N) is 1. The lowest BCUT2D eigenvalue weighted by Crippen LogP contribution is -2.21. The van der Waals surface area contributed by atoms with Gasteiger partial charge in [-0.25, -0.2) is 4.68 Å². The van der Waals surface area contributed by atoms with Crippen molar-refractivity contribution in [3.8, 4) is 0 Å². The number of tetrazole rings is 1. The molecule has 6 nitrogen and oxygen atoms in total. The molecule has 0 aliphatic carbocycles. The van der Waals surface area contributed by atoms with Crippen LogP contribution in [0.15, 0.2) is 17.5 Å². The van der Waals surface area contributed by atoms with Crippen molar-refractivity contribution in [1.82, 2.24) is 25.5 Å². The van der Waals surface area contributed by atoms with Crippen LogP contribution >= 0.6 is 11.3 Å². The summed E-state index contributed by atoms with van der Waals surface area (Å²) in [5, 5.41) is 17.1. The summed E-state index contributed by atoms with van der Waals surface area (Å²) in [5.74, 6) is 0.864. The van der Waals surface area contributed by atoms with Crippen LogP contribution in [-0.2, 0) is 24.2 Å². The van der Waals surface area contributed by atoms with Gasteiger partial charge in [0.25, 0.3) is 0 Å². The molecule has 0 spiro atoms. The fraction of sp³-hybridized carbons (Fsp3) is 0.545. The highest BCUT2D eigenvalue weighted by atomic mass is 32.1. The molecule has 98 valence electrons. The average molecular weight is 267 g/mol. The molecule has 2 aromatic heterocycles. The fourth-order valence-corrected chi connectivity index (χ4v) is 2.27. The van der Waals surface area contributed by atoms with Crippen molar-refractivity contribution < 1.29 is 4.74 Å². The van der Waals surface area contributed by atoms with Crippen molar-refractivity contribution in [2.75, 3.05) is 20.3 Å². The van der Waals surface area contributed by atoms with E-state index in [4.69, 9.17) is 4.74 Å². The zero-order valence-corrected chi connectivity index (χ0v) is 11.2. The highest BCUT2D eigenvalue weighted by Gasteiger charge is 2.05. The summed E-state index contributed by atoms with van der Waals surface area (Å²) >= 11 is 1.76. The Kier molecular flexibility index (Phi) is 5.25. The maximum absolute atomic E-state index is 4.97. The highest BCUT2D eigenvalue weighted by Crippen LogP contribution is 2.10. The minimum Gasteiger partial charge on any atom is -0.383 e. The molecule has 0 atom stereocenters. The summed E-state index contributed by atoms with van der Waals surface area (Å²) in [6, 6.07) is 4.19. The average Bonchev–Trinajstić information content (AvgIpc) is 3.03. The number of methoxy groups -OCH3 is 1. The monoisotopic (exact) mass is 267 g/mol. The van der Waals surface area contributed by atoms with Crippen molar-refractivity contribution in [1.29, 1.82) is 0 Å². The summed E-state index contributed by atoms with van der Waals surface area (Å²) in [6.45, 7) is 2.97. The third kappa shape index (κ3) is 3.86. The highest BCUT2D eigenvalue weighted by molar-refractivity contribution is 7.09. The summed E-state index contributed by atoms with van der Waals surface area (Å²) < 4.78 is 6.82. The molecule has 2 heterocycles. The lowest BCUT2D eigenvalue weighted by Gasteiger charge is -2.05. The van der Waals surface area contributed by atoms with Crippen molar-refractivity contribution in [3.05, 3.63) is 28.2 Å². The maximum Gasteiger partial charge on any atom is 0.165 e. The third-order valence-electron chi connectivity index (χ3n) is 2.52. The summed E-state index contributed by atoms with van der Waals surface area (Å²) in [7, 11) is 1.69. The van der Waals surface area contributed by atoms with E-state index in [1.165, 1.54) is 4.88 Å². The number of rotatable bonds is 8. The van der Waals surface area contributed by atoms with Gasteiger partial charge < -0.3 is 10.1 Å². The first kappa shape index (κ1) is 13.1. The Bertz CT molecular complexity index is 442. The normalized spacial score (nSPS) is 10.9. The molecule has 0 aromatic carbocycles. The van der Waals surface area contributed by atoms with E-state index >= 15 is 0 Å². The van der Waals surface area contributed by atoms with Gasteiger partial charge in [0, 0.05) is 31.5 Å². The molecule has 2 rings (SSSR count). The van der Waals surface area contributed by atoms with Gasteiger partial charge in [-0.2, -0.15) is 0 Å². The van der Waals surface area contributed by atoms with E-state index in [9.17, 15) is 0 Å². The lowest BCUT2D eigenvalue weighted by molar-refractivity contribution is 0.198. The standard InChI is InChI=1S/C11H17N5OS/c1-17-7-5-12-9-11-13-14-15-16(11)6-4-10-3-2-8-18-10/h2-3,8,12H,4-7,9H2,1H3. The predicted molar refractivity (Wildman–Crippen MR) is 69.4 cm³/mol. The number of nitrogens with zero attached hydrogens (tertiary/aromatic N) is 4. The van der Waals surface area contributed by atoms with Gasteiger partial charge in [-0.1, -0.05) is 6.07 Å². The number of ether oxygens (including phenoxy) is 1. The second kappa shape index (κ2) is 7.20. The van der Waals surface area contributed by atoms with Crippen molar-refractivity contribution in [2.45, 2.75) is 19.5 Å². The molecule has 0 saturated carbocycles. The maximum atomic E-state index is 4.97. The van der Waals surface area contributed by atoms with Crippen molar-refractivity contribution in [2.24, 2.45) is 0 Å². The first-order valence-electron chi connectivity index (χ1n) is 5.87. The quantitative estimate of drug-likeness (QED) is 0.714. The van der Waals surface area contributed by atoms with Gasteiger partial charge in [0.1, 0.15) is 0 Å². The van der Waals surface area contributed by atoms with Crippen LogP contribution in [0.5, 0.6) is 0 Å². The zero-order valence-electron chi connectivity index (χ0n) is 10.4. The van der Waals surface area contributed by atoms with Crippen LogP contribution in [0, 0.1) is 0 Å². The van der Waals surface area contributed by atoms with Gasteiger partial charge in [-0.15, -0.1) is 16.4 Å². The van der Waals surface area contributed by atoms with E-state index in [1.54, 1.807) is 18.4 Å². The summed E-state index contributed by atoms with van der Waals surface area (Å²) in [4.78, 5) is 1.35. The van der Waals surface area contributed by atoms with Crippen LogP contribution < -0.4 is 5.32 Å². The largest absolute Gasteiger partial charge is 0.383 e. The Morgan fingerprint density at radius 1 is 1.50 bits per heavy atom. The second-order valence-electron chi connectivity index (χ2n) is 3.82. The van der Waals surface area contributed by atoms with E-state index in [1.807, 2.05) is 4.68 Å². The van der Waals surface area contributed by atoms with E-state index in [2.05, 4.69) is 38.4 Å². The molecule has 1 N–H and O–H groups in total. The zero-order chi connectivity index (χ0) is 12.6. The van der Waals surface area contributed by atoms with Crippen LogP contribution in [0.3, 0.4) is 0 Å². The van der Waals surface area contributed by atoms with E-state index in [0.29, 0.717) is 13.2 Å². The van der Waals surface area contributed by atoms with Gasteiger partial charge in [0.15, 0.2) is 5.82 Å². The lowest BCUT2D eigenvalue weighted by atomic mass is 10.3. The SMILES string of the molecule is COCCNCc1nnnn1CCc1cccs1. The van der Waals surface area contributed by atoms with Gasteiger partial charge in [-0.05, 0) is 21.9 Å². The van der Waals surface area contributed by atoms with Crippen LogP contribution in [0.25, 0.3) is 0 Å². The van der Waals surface area contributed by atoms with Crippen LogP contribution in [0.1, 0.15) is 10.7 Å². The number of hydrogen-bond acceptors (Lipinski definition) is 6. The fourth-order valence-electron chi connectivity index (χ4n) is 1.57. The summed E-state index contributed by atoms with van der Waals surface area (Å²) in [5.41, 5.74) is 0. The number of thiophene rings is 1. The van der Waals surface area contributed by atoms with Gasteiger partial charge in [0.05, 0.1) is 13.2 Å². The van der Waals surface area contributed by atoms with Crippen LogP contribution in [0.2, 0.25) is 0 Å². The molecule has 7 heteroatoms. The Hall–Kier alpha value is -1.31. The number of hydrogen-bond donors (Lipinski definition) is 1. The molecular weight excluding hydrogens is 250 g/mol. The Morgan fingerprint density at radius 3 is 3.22 bits per heavy atom. The first-order valence-corrected chi connectivity index (χ1v) is 6.75. The minimum absolute atomic E-state index is 0.667. The molecule has 0 fully saturated rings. The smallest absolute Gasteiger partial charge is 0.165 e. The molecule has 18 heavy (non-hydrogen) atoms. The Morgan fingerprint density at radius 2 is 2.44 bits per heavy atom. The minimum atomic E-state index is 0.667. The number of aryl methyl sites for hydroxylation is 2. The van der Waals surface area contributed by atoms with Crippen LogP contribution in [-0.4, -0.2) is 40.5 Å². The molecular formula is C11H17N5OS. The molecule has 0 aliphatic rings. The molecule has 0 bridgehead atoms. The third-order valence-corrected chi connectivity index (χ3v) is 3.46.